The lowest BCUT2D eigenvalue weighted by Crippen LogP contribution is -2.52. The Hall–Kier alpha value is -2.00. The molecule has 0 unspecified atom stereocenters. The van der Waals surface area contributed by atoms with Crippen LogP contribution in [0, 0.1) is 3.57 Å². The van der Waals surface area contributed by atoms with Gasteiger partial charge >= 0.3 is 7.05 Å². The zero-order valence-electron chi connectivity index (χ0n) is 12.6. The number of fused-ring (bicyclic) bond motifs is 1. The fraction of sp³-hybridized carbons (Fsp3) is 0.0588. The van der Waals surface area contributed by atoms with Gasteiger partial charge in [0.15, 0.2) is 0 Å². The molecule has 3 rings (SSSR count). The molecule has 0 aliphatic carbocycles. The molecule has 0 saturated carbocycles. The second-order valence-corrected chi connectivity index (χ2v) is 6.36. The van der Waals surface area contributed by atoms with Crippen molar-refractivity contribution in [2.45, 2.75) is 0 Å². The Balaban J connectivity index is 1.91. The van der Waals surface area contributed by atoms with Gasteiger partial charge in [-0.1, -0.05) is 36.4 Å². The molecule has 1 aliphatic heterocycles. The van der Waals surface area contributed by atoms with E-state index in [1.807, 2.05) is 12.1 Å². The van der Waals surface area contributed by atoms with Crippen LogP contribution in [0.25, 0.3) is 6.08 Å². The highest BCUT2D eigenvalue weighted by Crippen LogP contribution is 2.17. The van der Waals surface area contributed by atoms with Crippen LogP contribution in [0.15, 0.2) is 53.6 Å². The van der Waals surface area contributed by atoms with E-state index in [0.29, 0.717) is 16.6 Å². The third kappa shape index (κ3) is 3.27. The number of benzene rings is 2. The normalized spacial score (nSPS) is 13.5. The van der Waals surface area contributed by atoms with Crippen molar-refractivity contribution in [2.75, 3.05) is 6.67 Å². The molecular formula is C17H13BFIN2O2. The Kier molecular flexibility index (Phi) is 5.10. The molecule has 0 aromatic heterocycles. The summed E-state index contributed by atoms with van der Waals surface area (Å²) in [6, 6.07) is 12.4. The molecule has 2 aromatic carbocycles. The summed E-state index contributed by atoms with van der Waals surface area (Å²) in [7, 11) is -1.16. The van der Waals surface area contributed by atoms with E-state index in [1.165, 1.54) is 12.3 Å². The van der Waals surface area contributed by atoms with E-state index in [0.717, 1.165) is 14.1 Å². The number of alkyl halides is 1. The van der Waals surface area contributed by atoms with E-state index in [2.05, 4.69) is 27.7 Å². The zero-order chi connectivity index (χ0) is 17.1. The fourth-order valence-corrected chi connectivity index (χ4v) is 3.08. The van der Waals surface area contributed by atoms with Crippen molar-refractivity contribution in [1.29, 1.82) is 0 Å². The maximum absolute atomic E-state index is 12.6. The van der Waals surface area contributed by atoms with Crippen LogP contribution in [0.1, 0.15) is 21.5 Å². The molecule has 2 aromatic rings. The van der Waals surface area contributed by atoms with Gasteiger partial charge < -0.3 is 5.02 Å². The van der Waals surface area contributed by atoms with Crippen molar-refractivity contribution in [3.05, 3.63) is 68.8 Å². The van der Waals surface area contributed by atoms with Crippen molar-refractivity contribution in [1.82, 2.24) is 4.92 Å². The zero-order valence-corrected chi connectivity index (χ0v) is 14.7. The molecule has 1 heterocycles. The molecule has 1 N–H and O–H groups in total. The summed E-state index contributed by atoms with van der Waals surface area (Å²) in [5, 5.41) is 14.6. The van der Waals surface area contributed by atoms with Crippen LogP contribution in [-0.4, -0.2) is 35.8 Å². The standard InChI is InChI=1S/C17H13BFIN2O2/c19-9-3-4-12-7-8-15-13(10-12)11-21-22(18(15)24)17(23)14-5-1-2-6-16(14)20/h1-8,10-11,24H,9H2/b4-3+. The van der Waals surface area contributed by atoms with Crippen LogP contribution >= 0.6 is 22.6 Å². The SMILES string of the molecule is O=C(c1ccccc1I)N1N=Cc2cc(/C=C/CF)ccc2B1O. The number of hydrazone groups is 1. The van der Waals surface area contributed by atoms with Crippen LogP contribution < -0.4 is 5.46 Å². The molecule has 1 amide bonds. The molecule has 0 atom stereocenters. The number of rotatable bonds is 3. The van der Waals surface area contributed by atoms with E-state index in [1.54, 1.807) is 36.4 Å². The van der Waals surface area contributed by atoms with Gasteiger partial charge in [-0.3, -0.25) is 4.79 Å². The molecule has 0 spiro atoms. The Labute approximate surface area is 153 Å². The van der Waals surface area contributed by atoms with Gasteiger partial charge in [-0.15, -0.1) is 0 Å². The van der Waals surface area contributed by atoms with E-state index in [4.69, 9.17) is 0 Å². The summed E-state index contributed by atoms with van der Waals surface area (Å²) in [6.07, 6.45) is 4.60. The molecule has 7 heteroatoms. The second kappa shape index (κ2) is 7.27. The summed E-state index contributed by atoms with van der Waals surface area (Å²) < 4.78 is 13.0. The van der Waals surface area contributed by atoms with Gasteiger partial charge in [0.1, 0.15) is 6.67 Å². The topological polar surface area (TPSA) is 52.9 Å². The van der Waals surface area contributed by atoms with Crippen molar-refractivity contribution in [3.8, 4) is 0 Å². The van der Waals surface area contributed by atoms with Crippen molar-refractivity contribution in [3.63, 3.8) is 0 Å². The molecule has 24 heavy (non-hydrogen) atoms. The molecule has 1 aliphatic rings. The second-order valence-electron chi connectivity index (χ2n) is 5.19. The molecular weight excluding hydrogens is 421 g/mol. The maximum Gasteiger partial charge on any atom is 0.474 e. The molecule has 0 radical (unpaired) electrons. The van der Waals surface area contributed by atoms with E-state index >= 15 is 0 Å². The summed E-state index contributed by atoms with van der Waals surface area (Å²) in [5.74, 6) is -0.365. The highest BCUT2D eigenvalue weighted by atomic mass is 127. The summed E-state index contributed by atoms with van der Waals surface area (Å²) >= 11 is 2.08. The van der Waals surface area contributed by atoms with Crippen LogP contribution in [0.5, 0.6) is 0 Å². The lowest BCUT2D eigenvalue weighted by Gasteiger charge is -2.25. The number of amides is 1. The summed E-state index contributed by atoms with van der Waals surface area (Å²) in [4.78, 5) is 13.7. The lowest BCUT2D eigenvalue weighted by molar-refractivity contribution is 0.0845. The number of nitrogens with zero attached hydrogens (tertiary/aromatic N) is 2. The fourth-order valence-electron chi connectivity index (χ4n) is 2.47. The van der Waals surface area contributed by atoms with Gasteiger partial charge in [-0.25, -0.2) is 9.31 Å². The van der Waals surface area contributed by atoms with E-state index in [-0.39, 0.29) is 5.91 Å². The number of allylic oxidation sites excluding steroid dienone is 1. The van der Waals surface area contributed by atoms with Gasteiger partial charge in [0.2, 0.25) is 0 Å². The van der Waals surface area contributed by atoms with Gasteiger partial charge in [-0.05, 0) is 57.4 Å². The highest BCUT2D eigenvalue weighted by molar-refractivity contribution is 14.1. The van der Waals surface area contributed by atoms with E-state index < -0.39 is 13.7 Å². The van der Waals surface area contributed by atoms with Crippen LogP contribution in [0.2, 0.25) is 0 Å². The first-order valence-electron chi connectivity index (χ1n) is 7.28. The minimum absolute atomic E-state index is 0.365. The Morgan fingerprint density at radius 1 is 1.33 bits per heavy atom. The first kappa shape index (κ1) is 16.8. The number of halogens is 2. The largest absolute Gasteiger partial charge is 0.474 e. The molecule has 4 nitrogen and oxygen atoms in total. The Bertz CT molecular complexity index is 841. The van der Waals surface area contributed by atoms with Gasteiger partial charge in [0, 0.05) is 3.57 Å². The van der Waals surface area contributed by atoms with Crippen molar-refractivity contribution < 1.29 is 14.2 Å². The third-order valence-corrected chi connectivity index (χ3v) is 4.59. The maximum atomic E-state index is 12.6. The number of carbonyl (C=O) groups excluding carboxylic acids is 1. The highest BCUT2D eigenvalue weighted by Gasteiger charge is 2.34. The smallest absolute Gasteiger partial charge is 0.427 e. The molecule has 0 bridgehead atoms. The average molecular weight is 434 g/mol. The van der Waals surface area contributed by atoms with Crippen LogP contribution in [0.3, 0.4) is 0 Å². The molecule has 0 fully saturated rings. The number of carbonyl (C=O) groups is 1. The Morgan fingerprint density at radius 3 is 2.88 bits per heavy atom. The summed E-state index contributed by atoms with van der Waals surface area (Å²) in [6.45, 7) is -0.536. The van der Waals surface area contributed by atoms with E-state index in [9.17, 15) is 14.2 Å². The monoisotopic (exact) mass is 434 g/mol. The Morgan fingerprint density at radius 2 is 2.12 bits per heavy atom. The van der Waals surface area contributed by atoms with Crippen LogP contribution in [0.4, 0.5) is 4.39 Å². The van der Waals surface area contributed by atoms with Gasteiger partial charge in [0.25, 0.3) is 5.91 Å². The third-order valence-electron chi connectivity index (χ3n) is 3.65. The lowest BCUT2D eigenvalue weighted by atomic mass is 9.69. The molecule has 120 valence electrons. The number of hydrogen-bond acceptors (Lipinski definition) is 3. The first-order valence-corrected chi connectivity index (χ1v) is 8.36. The van der Waals surface area contributed by atoms with Crippen molar-refractivity contribution in [2.24, 2.45) is 5.10 Å². The van der Waals surface area contributed by atoms with Crippen LogP contribution in [-0.2, 0) is 0 Å². The predicted molar refractivity (Wildman–Crippen MR) is 102 cm³/mol. The quantitative estimate of drug-likeness (QED) is 0.597. The van der Waals surface area contributed by atoms with Gasteiger partial charge in [-0.2, -0.15) is 5.10 Å². The summed E-state index contributed by atoms with van der Waals surface area (Å²) in [5.41, 5.74) is 2.58. The van der Waals surface area contributed by atoms with Crippen molar-refractivity contribution >= 4 is 53.3 Å². The predicted octanol–water partition coefficient (Wildman–Crippen LogP) is 2.45. The average Bonchev–Trinajstić information content (AvgIpc) is 2.60. The number of hydrogen-bond donors (Lipinski definition) is 1. The first-order chi connectivity index (χ1) is 11.6. The molecule has 0 saturated heterocycles. The minimum atomic E-state index is -1.16. The minimum Gasteiger partial charge on any atom is -0.427 e. The van der Waals surface area contributed by atoms with Gasteiger partial charge in [0.05, 0.1) is 11.8 Å².